The number of aliphatic hydroxyl groups excluding tert-OH is 2. The molecule has 0 aromatic heterocycles. The maximum absolute atomic E-state index is 10.1. The lowest BCUT2D eigenvalue weighted by molar-refractivity contribution is -0.143. The van der Waals surface area contributed by atoms with Gasteiger partial charge in [-0.2, -0.15) is 0 Å². The van der Waals surface area contributed by atoms with Gasteiger partial charge in [-0.15, -0.1) is 0 Å². The molecule has 0 radical (unpaired) electrons. The molecular weight excluding hydrogens is 296 g/mol. The van der Waals surface area contributed by atoms with E-state index in [4.69, 9.17) is 20.4 Å². The molecule has 0 aliphatic rings. The van der Waals surface area contributed by atoms with Gasteiger partial charge < -0.3 is 20.4 Å². The molecule has 8 nitrogen and oxygen atoms in total. The second kappa shape index (κ2) is 18.7. The minimum atomic E-state index is -1.08. The molecule has 4 N–H and O–H groups in total. The maximum Gasteiger partial charge on any atom is 0.303 e. The Bertz CT molecular complexity index is 337. The highest BCUT2D eigenvalue weighted by Crippen LogP contribution is 1.86. The Morgan fingerprint density at radius 2 is 0.955 bits per heavy atom. The van der Waals surface area contributed by atoms with Crippen LogP contribution in [0.1, 0.15) is 25.7 Å². The predicted molar refractivity (Wildman–Crippen MR) is 78.3 cm³/mol. The molecule has 0 aliphatic heterocycles. The summed E-state index contributed by atoms with van der Waals surface area (Å²) in [6.07, 6.45) is 2.21. The van der Waals surface area contributed by atoms with Crippen LogP contribution in [0, 0.1) is 0 Å². The third-order valence-electron chi connectivity index (χ3n) is 1.72. The Morgan fingerprint density at radius 1 is 0.682 bits per heavy atom. The van der Waals surface area contributed by atoms with Crippen LogP contribution in [0.3, 0.4) is 0 Å². The Morgan fingerprint density at radius 3 is 1.05 bits per heavy atom. The monoisotopic (exact) mass is 318 g/mol. The number of allylic oxidation sites excluding steroid dienone is 2. The van der Waals surface area contributed by atoms with Crippen molar-refractivity contribution in [1.29, 1.82) is 0 Å². The van der Waals surface area contributed by atoms with Gasteiger partial charge in [0.15, 0.2) is 11.6 Å². The first-order chi connectivity index (χ1) is 10.2. The molecule has 0 heterocycles. The predicted octanol–water partition coefficient (Wildman–Crippen LogP) is 0.184. The summed E-state index contributed by atoms with van der Waals surface area (Å²) in [5.41, 5.74) is 0. The number of carboxylic acids is 2. The zero-order valence-electron chi connectivity index (χ0n) is 12.2. The minimum absolute atomic E-state index is 0.0785. The molecule has 0 atom stereocenters. The van der Waals surface area contributed by atoms with Crippen molar-refractivity contribution in [2.24, 2.45) is 0 Å². The van der Waals surface area contributed by atoms with Gasteiger partial charge in [0.2, 0.25) is 0 Å². The number of carboxylic acid groups (broad SMARTS) is 2. The Labute approximate surface area is 128 Å². The molecule has 0 saturated carbocycles. The second-order valence-electron chi connectivity index (χ2n) is 3.58. The van der Waals surface area contributed by atoms with E-state index >= 15 is 0 Å². The van der Waals surface area contributed by atoms with Gasteiger partial charge in [0.25, 0.3) is 0 Å². The van der Waals surface area contributed by atoms with Gasteiger partial charge >= 0.3 is 11.9 Å². The van der Waals surface area contributed by atoms with Crippen LogP contribution >= 0.6 is 0 Å². The fraction of sp³-hybridized carbons (Fsp3) is 0.429. The third-order valence-corrected chi connectivity index (χ3v) is 1.72. The molecule has 0 bridgehead atoms. The van der Waals surface area contributed by atoms with Gasteiger partial charge in [-0.3, -0.25) is 19.2 Å². The maximum atomic E-state index is 10.1. The van der Waals surface area contributed by atoms with E-state index in [-0.39, 0.29) is 50.5 Å². The van der Waals surface area contributed by atoms with Gasteiger partial charge in [0.05, 0.1) is 26.1 Å². The molecule has 126 valence electrons. The van der Waals surface area contributed by atoms with E-state index in [2.05, 4.69) is 13.2 Å². The Kier molecular flexibility index (Phi) is 21.0. The molecule has 0 aromatic carbocycles. The zero-order valence-corrected chi connectivity index (χ0v) is 12.2. The molecule has 22 heavy (non-hydrogen) atoms. The Hall–Kier alpha value is -2.32. The average Bonchev–Trinajstić information content (AvgIpc) is 2.46. The number of ketones is 2. The van der Waals surface area contributed by atoms with E-state index in [1.165, 1.54) is 12.2 Å². The molecule has 0 saturated heterocycles. The summed E-state index contributed by atoms with van der Waals surface area (Å²) in [6.45, 7) is 6.28. The molecule has 0 aliphatic carbocycles. The molecule has 0 amide bonds. The van der Waals surface area contributed by atoms with Crippen molar-refractivity contribution >= 4 is 23.5 Å². The lowest BCUT2D eigenvalue weighted by Crippen LogP contribution is -2.00. The summed E-state index contributed by atoms with van der Waals surface area (Å²) >= 11 is 0. The van der Waals surface area contributed by atoms with E-state index in [1.807, 2.05) is 0 Å². The summed E-state index contributed by atoms with van der Waals surface area (Å²) in [7, 11) is 0. The van der Waals surface area contributed by atoms with Crippen LogP contribution in [0.5, 0.6) is 0 Å². The van der Waals surface area contributed by atoms with Crippen LogP contribution in [-0.2, 0) is 19.2 Å². The number of hydrogen-bond donors (Lipinski definition) is 4. The highest BCUT2D eigenvalue weighted by molar-refractivity contribution is 5.89. The van der Waals surface area contributed by atoms with Crippen molar-refractivity contribution in [3.8, 4) is 0 Å². The molecule has 0 aromatic rings. The van der Waals surface area contributed by atoms with Crippen molar-refractivity contribution in [3.63, 3.8) is 0 Å². The van der Waals surface area contributed by atoms with Gasteiger partial charge in [-0.25, -0.2) is 0 Å². The highest BCUT2D eigenvalue weighted by Gasteiger charge is 2.00. The van der Waals surface area contributed by atoms with Crippen LogP contribution in [0.4, 0.5) is 0 Å². The number of rotatable bonds is 9. The molecule has 0 spiro atoms. The van der Waals surface area contributed by atoms with Gasteiger partial charge in [0, 0.05) is 12.8 Å². The second-order valence-corrected chi connectivity index (χ2v) is 3.58. The summed E-state index contributed by atoms with van der Waals surface area (Å²) in [5, 5.41) is 32.0. The number of carbonyl (C=O) groups excluding carboxylic acids is 2. The van der Waals surface area contributed by atoms with Crippen LogP contribution in [0.2, 0.25) is 0 Å². The van der Waals surface area contributed by atoms with Gasteiger partial charge in [-0.1, -0.05) is 13.2 Å². The van der Waals surface area contributed by atoms with Crippen molar-refractivity contribution in [1.82, 2.24) is 0 Å². The standard InChI is InChI=1S/2C5H8O2.C4H6O4/c2*1-2-5(7)3-4-6;5-3(6)1-2-4(7)8/h2*2,6H,1,3-4H2;1-2H2,(H,5,6)(H,7,8). The zero-order chi connectivity index (χ0) is 18.0. The molecule has 0 fully saturated rings. The number of hydrogen-bond acceptors (Lipinski definition) is 6. The average molecular weight is 318 g/mol. The van der Waals surface area contributed by atoms with Crippen LogP contribution in [0.15, 0.2) is 25.3 Å². The van der Waals surface area contributed by atoms with Gasteiger partial charge in [0.1, 0.15) is 0 Å². The van der Waals surface area contributed by atoms with Gasteiger partial charge in [-0.05, 0) is 12.2 Å². The fourth-order valence-electron chi connectivity index (χ4n) is 0.638. The van der Waals surface area contributed by atoms with Crippen LogP contribution in [0.25, 0.3) is 0 Å². The van der Waals surface area contributed by atoms with Crippen molar-refractivity contribution in [3.05, 3.63) is 25.3 Å². The summed E-state index contributed by atoms with van der Waals surface area (Å²) < 4.78 is 0. The van der Waals surface area contributed by atoms with E-state index in [9.17, 15) is 19.2 Å². The Balaban J connectivity index is -0.000000247. The smallest absolute Gasteiger partial charge is 0.303 e. The third kappa shape index (κ3) is 30.6. The first-order valence-electron chi connectivity index (χ1n) is 6.20. The largest absolute Gasteiger partial charge is 0.481 e. The number of carbonyl (C=O) groups is 4. The highest BCUT2D eigenvalue weighted by atomic mass is 16.4. The van der Waals surface area contributed by atoms with E-state index < -0.39 is 11.9 Å². The summed E-state index contributed by atoms with van der Waals surface area (Å²) in [5.74, 6) is -2.37. The quantitative estimate of drug-likeness (QED) is 0.440. The van der Waals surface area contributed by atoms with Crippen LogP contribution < -0.4 is 0 Å². The topological polar surface area (TPSA) is 149 Å². The SMILES string of the molecule is C=CC(=O)CCO.C=CC(=O)CCO.O=C(O)CCC(=O)O. The van der Waals surface area contributed by atoms with E-state index in [0.717, 1.165) is 0 Å². The molecule has 0 unspecified atom stereocenters. The first kappa shape index (κ1) is 24.7. The van der Waals surface area contributed by atoms with E-state index in [1.54, 1.807) is 0 Å². The fourth-order valence-corrected chi connectivity index (χ4v) is 0.638. The molecule has 8 heteroatoms. The number of aliphatic hydroxyl groups is 2. The van der Waals surface area contributed by atoms with Crippen molar-refractivity contribution in [2.75, 3.05) is 13.2 Å². The van der Waals surface area contributed by atoms with Crippen molar-refractivity contribution in [2.45, 2.75) is 25.7 Å². The minimum Gasteiger partial charge on any atom is -0.481 e. The summed E-state index contributed by atoms with van der Waals surface area (Å²) in [4.78, 5) is 39.5. The first-order valence-corrected chi connectivity index (χ1v) is 6.20. The molecule has 0 rings (SSSR count). The number of aliphatic carboxylic acids is 2. The lowest BCUT2D eigenvalue weighted by atomic mass is 10.3. The molecular formula is C14H22O8. The summed E-state index contributed by atoms with van der Waals surface area (Å²) in [6, 6.07) is 0. The normalized spacial score (nSPS) is 8.27. The van der Waals surface area contributed by atoms with E-state index in [0.29, 0.717) is 0 Å². The van der Waals surface area contributed by atoms with Crippen LogP contribution in [-0.4, -0.2) is 57.1 Å². The lowest BCUT2D eigenvalue weighted by Gasteiger charge is -1.85. The van der Waals surface area contributed by atoms with Crippen molar-refractivity contribution < 1.29 is 39.6 Å².